The van der Waals surface area contributed by atoms with Crippen molar-refractivity contribution in [2.24, 2.45) is 5.92 Å². The highest BCUT2D eigenvalue weighted by molar-refractivity contribution is 5.94. The van der Waals surface area contributed by atoms with Gasteiger partial charge in [0.1, 0.15) is 5.75 Å². The van der Waals surface area contributed by atoms with Crippen LogP contribution in [0.15, 0.2) is 24.3 Å². The van der Waals surface area contributed by atoms with E-state index in [2.05, 4.69) is 17.6 Å². The first kappa shape index (κ1) is 19.5. The topological polar surface area (TPSA) is 67.4 Å². The van der Waals surface area contributed by atoms with Crippen molar-refractivity contribution in [2.75, 3.05) is 13.1 Å². The van der Waals surface area contributed by atoms with Crippen LogP contribution in [0, 0.1) is 5.92 Å². The number of amides is 1. The lowest BCUT2D eigenvalue weighted by atomic mass is 9.95. The summed E-state index contributed by atoms with van der Waals surface area (Å²) in [6, 6.07) is 7.03. The van der Waals surface area contributed by atoms with Gasteiger partial charge >= 0.3 is 0 Å². The molecule has 3 unspecified atom stereocenters. The number of piperidine rings is 1. The zero-order valence-electron chi connectivity index (χ0n) is 13.8. The van der Waals surface area contributed by atoms with E-state index < -0.39 is 6.10 Å². The Balaban J connectivity index is 0.00000264. The normalized spacial score (nSPS) is 21.7. The van der Waals surface area contributed by atoms with Gasteiger partial charge in [-0.15, -0.1) is 12.4 Å². The molecule has 1 aliphatic rings. The minimum Gasteiger partial charge on any atom is -0.481 e. The molecule has 1 fully saturated rings. The van der Waals surface area contributed by atoms with Crippen LogP contribution in [0.25, 0.3) is 0 Å². The number of nitrogens with one attached hydrogen (secondary N) is 2. The van der Waals surface area contributed by atoms with Crippen LogP contribution < -0.4 is 15.4 Å². The molecule has 0 aromatic heterocycles. The molecule has 5 nitrogen and oxygen atoms in total. The minimum absolute atomic E-state index is 0. The Morgan fingerprint density at radius 1 is 1.39 bits per heavy atom. The SMILES string of the molecule is CC(=O)c1cccc(OC(C)C(=O)NC2CNCCC2C)c1.Cl. The van der Waals surface area contributed by atoms with Crippen LogP contribution in [0.1, 0.15) is 37.6 Å². The number of halogens is 1. The average Bonchev–Trinajstić information content (AvgIpc) is 2.49. The Bertz CT molecular complexity index is 550. The second-order valence-corrected chi connectivity index (χ2v) is 5.93. The molecule has 128 valence electrons. The second-order valence-electron chi connectivity index (χ2n) is 5.93. The number of hydrogen-bond donors (Lipinski definition) is 2. The third-order valence-electron chi connectivity index (χ3n) is 4.08. The van der Waals surface area contributed by atoms with Crippen molar-refractivity contribution in [1.29, 1.82) is 0 Å². The third-order valence-corrected chi connectivity index (χ3v) is 4.08. The lowest BCUT2D eigenvalue weighted by molar-refractivity contribution is -0.128. The van der Waals surface area contributed by atoms with Crippen molar-refractivity contribution < 1.29 is 14.3 Å². The van der Waals surface area contributed by atoms with Gasteiger partial charge in [0.05, 0.1) is 0 Å². The molecule has 1 aromatic carbocycles. The van der Waals surface area contributed by atoms with Crippen molar-refractivity contribution >= 4 is 24.1 Å². The quantitative estimate of drug-likeness (QED) is 0.806. The number of benzene rings is 1. The number of Topliss-reactive ketones (excluding diaryl/α,β-unsaturated/α-hetero) is 1. The molecule has 23 heavy (non-hydrogen) atoms. The van der Waals surface area contributed by atoms with E-state index >= 15 is 0 Å². The molecule has 0 bridgehead atoms. The third kappa shape index (κ3) is 5.52. The van der Waals surface area contributed by atoms with E-state index in [1.54, 1.807) is 31.2 Å². The van der Waals surface area contributed by atoms with E-state index in [-0.39, 0.29) is 30.1 Å². The fourth-order valence-electron chi connectivity index (χ4n) is 2.53. The molecule has 0 aliphatic carbocycles. The number of carbonyl (C=O) groups excluding carboxylic acids is 2. The molecule has 2 rings (SSSR count). The fourth-order valence-corrected chi connectivity index (χ4v) is 2.53. The Morgan fingerprint density at radius 3 is 2.78 bits per heavy atom. The largest absolute Gasteiger partial charge is 0.481 e. The van der Waals surface area contributed by atoms with Gasteiger partial charge in [0.25, 0.3) is 5.91 Å². The molecule has 6 heteroatoms. The molecule has 0 radical (unpaired) electrons. The number of ether oxygens (including phenoxy) is 1. The summed E-state index contributed by atoms with van der Waals surface area (Å²) in [5.41, 5.74) is 0.579. The summed E-state index contributed by atoms with van der Waals surface area (Å²) < 4.78 is 5.66. The molecule has 0 spiro atoms. The Kier molecular flexibility index (Phi) is 7.52. The molecular weight excluding hydrogens is 316 g/mol. The van der Waals surface area contributed by atoms with Gasteiger partial charge in [-0.1, -0.05) is 19.1 Å². The maximum Gasteiger partial charge on any atom is 0.261 e. The maximum atomic E-state index is 12.2. The number of carbonyl (C=O) groups is 2. The monoisotopic (exact) mass is 340 g/mol. The Labute approximate surface area is 143 Å². The standard InChI is InChI=1S/C17H24N2O3.ClH/c1-11-7-8-18-10-16(11)19-17(21)13(3)22-15-6-4-5-14(9-15)12(2)20;/h4-6,9,11,13,16,18H,7-8,10H2,1-3H3,(H,19,21);1H. The molecular formula is C17H25ClN2O3. The number of hydrogen-bond acceptors (Lipinski definition) is 4. The van der Waals surface area contributed by atoms with Crippen molar-refractivity contribution in [3.05, 3.63) is 29.8 Å². The van der Waals surface area contributed by atoms with Gasteiger partial charge in [-0.25, -0.2) is 0 Å². The van der Waals surface area contributed by atoms with E-state index in [1.165, 1.54) is 6.92 Å². The van der Waals surface area contributed by atoms with Crippen molar-refractivity contribution in [1.82, 2.24) is 10.6 Å². The highest BCUT2D eigenvalue weighted by atomic mass is 35.5. The molecule has 2 N–H and O–H groups in total. The van der Waals surface area contributed by atoms with Crippen LogP contribution in [-0.4, -0.2) is 36.9 Å². The smallest absolute Gasteiger partial charge is 0.261 e. The summed E-state index contributed by atoms with van der Waals surface area (Å²) in [5.74, 6) is 0.835. The summed E-state index contributed by atoms with van der Waals surface area (Å²) in [5, 5.41) is 6.32. The van der Waals surface area contributed by atoms with Crippen LogP contribution >= 0.6 is 12.4 Å². The van der Waals surface area contributed by atoms with E-state index in [0.29, 0.717) is 17.2 Å². The van der Waals surface area contributed by atoms with Gasteiger partial charge in [0.15, 0.2) is 11.9 Å². The molecule has 1 aliphatic heterocycles. The zero-order valence-corrected chi connectivity index (χ0v) is 14.6. The first-order chi connectivity index (χ1) is 10.5. The van der Waals surface area contributed by atoms with E-state index in [0.717, 1.165) is 19.5 Å². The van der Waals surface area contributed by atoms with Crippen LogP contribution in [0.3, 0.4) is 0 Å². The minimum atomic E-state index is -0.601. The highest BCUT2D eigenvalue weighted by Crippen LogP contribution is 2.16. The zero-order chi connectivity index (χ0) is 16.1. The summed E-state index contributed by atoms with van der Waals surface area (Å²) in [7, 11) is 0. The van der Waals surface area contributed by atoms with E-state index in [9.17, 15) is 9.59 Å². The summed E-state index contributed by atoms with van der Waals surface area (Å²) in [4.78, 5) is 23.6. The lowest BCUT2D eigenvalue weighted by Gasteiger charge is -2.31. The number of ketones is 1. The molecule has 1 saturated heterocycles. The Hall–Kier alpha value is -1.59. The first-order valence-electron chi connectivity index (χ1n) is 7.76. The van der Waals surface area contributed by atoms with Crippen molar-refractivity contribution in [3.63, 3.8) is 0 Å². The van der Waals surface area contributed by atoms with Crippen LogP contribution in [0.4, 0.5) is 0 Å². The maximum absolute atomic E-state index is 12.2. The molecule has 1 amide bonds. The Morgan fingerprint density at radius 2 is 2.13 bits per heavy atom. The van der Waals surface area contributed by atoms with Gasteiger partial charge in [0.2, 0.25) is 0 Å². The highest BCUT2D eigenvalue weighted by Gasteiger charge is 2.25. The summed E-state index contributed by atoms with van der Waals surface area (Å²) in [6.45, 7) is 7.16. The predicted octanol–water partition coefficient (Wildman–Crippen LogP) is 2.19. The molecule has 0 saturated carbocycles. The summed E-state index contributed by atoms with van der Waals surface area (Å²) in [6.07, 6.45) is 0.456. The van der Waals surface area contributed by atoms with Gasteiger partial charge in [-0.3, -0.25) is 9.59 Å². The van der Waals surface area contributed by atoms with Crippen LogP contribution in [0.5, 0.6) is 5.75 Å². The average molecular weight is 341 g/mol. The van der Waals surface area contributed by atoms with Gasteiger partial charge < -0.3 is 15.4 Å². The van der Waals surface area contributed by atoms with Crippen molar-refractivity contribution in [3.8, 4) is 5.75 Å². The second kappa shape index (κ2) is 8.89. The van der Waals surface area contributed by atoms with Gasteiger partial charge in [-0.2, -0.15) is 0 Å². The fraction of sp³-hybridized carbons (Fsp3) is 0.529. The predicted molar refractivity (Wildman–Crippen MR) is 92.4 cm³/mol. The van der Waals surface area contributed by atoms with Crippen LogP contribution in [-0.2, 0) is 4.79 Å². The van der Waals surface area contributed by atoms with Crippen LogP contribution in [0.2, 0.25) is 0 Å². The van der Waals surface area contributed by atoms with Gasteiger partial charge in [0, 0.05) is 18.2 Å². The van der Waals surface area contributed by atoms with E-state index in [4.69, 9.17) is 4.74 Å². The molecule has 1 heterocycles. The lowest BCUT2D eigenvalue weighted by Crippen LogP contribution is -2.52. The van der Waals surface area contributed by atoms with E-state index in [1.807, 2.05) is 0 Å². The molecule has 3 atom stereocenters. The van der Waals surface area contributed by atoms with Gasteiger partial charge in [-0.05, 0) is 44.9 Å². The summed E-state index contributed by atoms with van der Waals surface area (Å²) >= 11 is 0. The van der Waals surface area contributed by atoms with Crippen molar-refractivity contribution in [2.45, 2.75) is 39.3 Å². The molecule has 1 aromatic rings. The first-order valence-corrected chi connectivity index (χ1v) is 7.76. The number of rotatable bonds is 5.